The minimum atomic E-state index is -0.134. The van der Waals surface area contributed by atoms with Crippen LogP contribution in [0.4, 0.5) is 0 Å². The van der Waals surface area contributed by atoms with E-state index < -0.39 is 0 Å². The second-order valence-corrected chi connectivity index (χ2v) is 5.05. The molecule has 1 rings (SSSR count). The number of aryl methyl sites for hydroxylation is 1. The molecule has 0 bridgehead atoms. The minimum Gasteiger partial charge on any atom is -0.299 e. The van der Waals surface area contributed by atoms with Crippen LogP contribution in [0, 0.1) is 0 Å². The quantitative estimate of drug-likeness (QED) is 0.518. The zero-order valence-corrected chi connectivity index (χ0v) is 11.9. The maximum Gasteiger partial charge on any atom is 0.347 e. The van der Waals surface area contributed by atoms with Crippen LogP contribution >= 0.6 is 15.9 Å². The van der Waals surface area contributed by atoms with Crippen LogP contribution in [0.1, 0.15) is 44.9 Å². The number of alkyl halides is 1. The van der Waals surface area contributed by atoms with E-state index in [1.165, 1.54) is 38.5 Å². The number of rotatable bonds is 9. The molecule has 1 heterocycles. The summed E-state index contributed by atoms with van der Waals surface area (Å²) < 4.78 is 1.69. The summed E-state index contributed by atoms with van der Waals surface area (Å²) in [5.74, 6) is 0. The zero-order chi connectivity index (χ0) is 12.3. The summed E-state index contributed by atoms with van der Waals surface area (Å²) in [6, 6.07) is 1.81. The molecule has 3 nitrogen and oxygen atoms in total. The van der Waals surface area contributed by atoms with Gasteiger partial charge in [-0.2, -0.15) is 0 Å². The highest BCUT2D eigenvalue weighted by Gasteiger charge is 1.95. The summed E-state index contributed by atoms with van der Waals surface area (Å²) in [5.41, 5.74) is -0.134. The average molecular weight is 301 g/mol. The van der Waals surface area contributed by atoms with Gasteiger partial charge in [0.05, 0.1) is 0 Å². The standard InChI is InChI=1S/C13H21BrN2O/c14-9-6-4-2-1-3-5-7-11-16-12-8-10-15-13(16)17/h8,10,12H,1-7,9,11H2. The minimum absolute atomic E-state index is 0.134. The van der Waals surface area contributed by atoms with Gasteiger partial charge in [0.15, 0.2) is 0 Å². The lowest BCUT2D eigenvalue weighted by Gasteiger charge is -2.04. The molecule has 0 atom stereocenters. The summed E-state index contributed by atoms with van der Waals surface area (Å²) in [6.07, 6.45) is 12.2. The number of nitrogens with zero attached hydrogens (tertiary/aromatic N) is 2. The van der Waals surface area contributed by atoms with Crippen molar-refractivity contribution >= 4 is 15.9 Å². The molecule has 4 heteroatoms. The van der Waals surface area contributed by atoms with E-state index in [1.54, 1.807) is 10.8 Å². The third-order valence-electron chi connectivity index (χ3n) is 2.82. The molecule has 0 spiro atoms. The second kappa shape index (κ2) is 9.40. The Hall–Kier alpha value is -0.640. The van der Waals surface area contributed by atoms with Crippen LogP contribution in [-0.4, -0.2) is 14.9 Å². The fourth-order valence-electron chi connectivity index (χ4n) is 1.82. The number of halogens is 1. The van der Waals surface area contributed by atoms with Crippen molar-refractivity contribution in [2.75, 3.05) is 5.33 Å². The Kier molecular flexibility index (Phi) is 7.97. The third kappa shape index (κ3) is 6.61. The molecule has 96 valence electrons. The Morgan fingerprint density at radius 2 is 1.71 bits per heavy atom. The topological polar surface area (TPSA) is 34.9 Å². The highest BCUT2D eigenvalue weighted by molar-refractivity contribution is 9.09. The maximum atomic E-state index is 11.3. The van der Waals surface area contributed by atoms with Crippen LogP contribution < -0.4 is 5.69 Å². The Morgan fingerprint density at radius 3 is 2.35 bits per heavy atom. The molecule has 0 aliphatic rings. The van der Waals surface area contributed by atoms with Crippen LogP contribution in [0.25, 0.3) is 0 Å². The first-order valence-electron chi connectivity index (χ1n) is 6.42. The molecule has 0 amide bonds. The molecule has 0 N–H and O–H groups in total. The molecule has 0 unspecified atom stereocenters. The van der Waals surface area contributed by atoms with Crippen LogP contribution in [0.15, 0.2) is 23.3 Å². The number of hydrogen-bond acceptors (Lipinski definition) is 2. The van der Waals surface area contributed by atoms with Crippen molar-refractivity contribution in [3.63, 3.8) is 0 Å². The van der Waals surface area contributed by atoms with Gasteiger partial charge in [-0.15, -0.1) is 0 Å². The summed E-state index contributed by atoms with van der Waals surface area (Å²) >= 11 is 3.44. The van der Waals surface area contributed by atoms with E-state index in [2.05, 4.69) is 20.9 Å². The van der Waals surface area contributed by atoms with Gasteiger partial charge in [0.2, 0.25) is 0 Å². The van der Waals surface area contributed by atoms with E-state index in [0.717, 1.165) is 18.3 Å². The summed E-state index contributed by atoms with van der Waals surface area (Å²) in [7, 11) is 0. The second-order valence-electron chi connectivity index (χ2n) is 4.26. The molecule has 0 saturated carbocycles. The summed E-state index contributed by atoms with van der Waals surface area (Å²) in [4.78, 5) is 15.0. The van der Waals surface area contributed by atoms with Crippen LogP contribution in [0.3, 0.4) is 0 Å². The van der Waals surface area contributed by atoms with Gasteiger partial charge in [0.25, 0.3) is 0 Å². The fraction of sp³-hybridized carbons (Fsp3) is 0.692. The van der Waals surface area contributed by atoms with E-state index in [1.807, 2.05) is 12.3 Å². The SMILES string of the molecule is O=c1ncccn1CCCCCCCCCBr. The smallest absolute Gasteiger partial charge is 0.299 e. The van der Waals surface area contributed by atoms with E-state index in [9.17, 15) is 4.79 Å². The van der Waals surface area contributed by atoms with Gasteiger partial charge in [-0.25, -0.2) is 9.78 Å². The lowest BCUT2D eigenvalue weighted by molar-refractivity contribution is 0.538. The predicted molar refractivity (Wildman–Crippen MR) is 74.6 cm³/mol. The van der Waals surface area contributed by atoms with Gasteiger partial charge in [-0.05, 0) is 18.9 Å². The van der Waals surface area contributed by atoms with Crippen molar-refractivity contribution in [3.8, 4) is 0 Å². The highest BCUT2D eigenvalue weighted by Crippen LogP contribution is 2.08. The largest absolute Gasteiger partial charge is 0.347 e. The Morgan fingerprint density at radius 1 is 1.06 bits per heavy atom. The van der Waals surface area contributed by atoms with Crippen molar-refractivity contribution in [1.82, 2.24) is 9.55 Å². The fourth-order valence-corrected chi connectivity index (χ4v) is 2.21. The van der Waals surface area contributed by atoms with Crippen molar-refractivity contribution < 1.29 is 0 Å². The van der Waals surface area contributed by atoms with E-state index in [-0.39, 0.29) is 5.69 Å². The van der Waals surface area contributed by atoms with Gasteiger partial charge < -0.3 is 0 Å². The Balaban J connectivity index is 2.01. The van der Waals surface area contributed by atoms with Crippen molar-refractivity contribution in [2.24, 2.45) is 0 Å². The maximum absolute atomic E-state index is 11.3. The van der Waals surface area contributed by atoms with Crippen molar-refractivity contribution in [1.29, 1.82) is 0 Å². The number of aromatic nitrogens is 2. The summed E-state index contributed by atoms with van der Waals surface area (Å²) in [5, 5.41) is 1.12. The van der Waals surface area contributed by atoms with Crippen molar-refractivity contribution in [2.45, 2.75) is 51.5 Å². The summed E-state index contributed by atoms with van der Waals surface area (Å²) in [6.45, 7) is 0.800. The van der Waals surface area contributed by atoms with Gasteiger partial charge in [-0.3, -0.25) is 4.57 Å². The highest BCUT2D eigenvalue weighted by atomic mass is 79.9. The molecule has 0 radical (unpaired) electrons. The molecule has 0 fully saturated rings. The lowest BCUT2D eigenvalue weighted by Crippen LogP contribution is -2.21. The van der Waals surface area contributed by atoms with Crippen LogP contribution in [-0.2, 0) is 6.54 Å². The Labute approximate surface area is 111 Å². The molecular weight excluding hydrogens is 280 g/mol. The van der Waals surface area contributed by atoms with Gasteiger partial charge >= 0.3 is 5.69 Å². The van der Waals surface area contributed by atoms with E-state index in [0.29, 0.717) is 0 Å². The molecule has 0 aliphatic heterocycles. The molecule has 1 aromatic rings. The molecule has 0 saturated heterocycles. The Bertz CT molecular complexity index is 351. The first kappa shape index (κ1) is 14.4. The molecular formula is C13H21BrN2O. The number of hydrogen-bond donors (Lipinski definition) is 0. The van der Waals surface area contributed by atoms with Gasteiger partial charge in [-0.1, -0.05) is 48.0 Å². The predicted octanol–water partition coefficient (Wildman–Crippen LogP) is 3.37. The lowest BCUT2D eigenvalue weighted by atomic mass is 10.1. The zero-order valence-electron chi connectivity index (χ0n) is 10.3. The van der Waals surface area contributed by atoms with Gasteiger partial charge in [0.1, 0.15) is 0 Å². The van der Waals surface area contributed by atoms with Gasteiger partial charge in [0, 0.05) is 24.3 Å². The van der Waals surface area contributed by atoms with E-state index >= 15 is 0 Å². The number of unbranched alkanes of at least 4 members (excludes halogenated alkanes) is 6. The average Bonchev–Trinajstić information content (AvgIpc) is 2.35. The normalized spacial score (nSPS) is 10.6. The molecule has 0 aliphatic carbocycles. The van der Waals surface area contributed by atoms with Crippen molar-refractivity contribution in [3.05, 3.63) is 28.9 Å². The van der Waals surface area contributed by atoms with Crippen LogP contribution in [0.5, 0.6) is 0 Å². The molecule has 17 heavy (non-hydrogen) atoms. The van der Waals surface area contributed by atoms with Crippen LogP contribution in [0.2, 0.25) is 0 Å². The third-order valence-corrected chi connectivity index (χ3v) is 3.38. The van der Waals surface area contributed by atoms with E-state index in [4.69, 9.17) is 0 Å². The molecule has 1 aromatic heterocycles. The first-order chi connectivity index (χ1) is 8.34. The first-order valence-corrected chi connectivity index (χ1v) is 7.54. The molecule has 0 aromatic carbocycles. The monoisotopic (exact) mass is 300 g/mol.